The fraction of sp³-hybridized carbons (Fsp3) is 0.500. The number of aliphatic hydroxyl groups is 2. The predicted molar refractivity (Wildman–Crippen MR) is 96.0 cm³/mol. The molecule has 2 rings (SSSR count). The van der Waals surface area contributed by atoms with Gasteiger partial charge in [0.25, 0.3) is 0 Å². The maximum atomic E-state index is 12.1. The van der Waals surface area contributed by atoms with Gasteiger partial charge in [-0.05, 0) is 52.2 Å². The zero-order valence-corrected chi connectivity index (χ0v) is 15.6. The fourth-order valence-electron chi connectivity index (χ4n) is 3.14. The molecule has 1 saturated heterocycles. The van der Waals surface area contributed by atoms with E-state index in [1.165, 1.54) is 6.08 Å². The van der Waals surface area contributed by atoms with Crippen LogP contribution in [0.1, 0.15) is 40.5 Å². The molecular weight excluding hydrogens is 336 g/mol. The van der Waals surface area contributed by atoms with E-state index in [9.17, 15) is 19.8 Å². The number of allylic oxidation sites excluding steroid dienone is 3. The molecule has 0 aromatic heterocycles. The lowest BCUT2D eigenvalue weighted by Crippen LogP contribution is -2.56. The van der Waals surface area contributed by atoms with Crippen molar-refractivity contribution in [3.05, 3.63) is 47.1 Å². The first kappa shape index (κ1) is 20.1. The molecule has 0 radical (unpaired) electrons. The largest absolute Gasteiger partial charge is 0.452 e. The molecule has 6 nitrogen and oxygen atoms in total. The Balaban J connectivity index is 2.49. The summed E-state index contributed by atoms with van der Waals surface area (Å²) < 4.78 is 10.6. The van der Waals surface area contributed by atoms with E-state index in [4.69, 9.17) is 9.47 Å². The van der Waals surface area contributed by atoms with Crippen molar-refractivity contribution in [1.29, 1.82) is 0 Å². The maximum absolute atomic E-state index is 12.1. The van der Waals surface area contributed by atoms with Crippen molar-refractivity contribution in [2.24, 2.45) is 0 Å². The lowest BCUT2D eigenvalue weighted by Gasteiger charge is -2.36. The number of hydrogen-bond donors (Lipinski definition) is 2. The van der Waals surface area contributed by atoms with Crippen LogP contribution in [0.15, 0.2) is 47.1 Å². The SMILES string of the molecule is C=C1C(=O)O[C@H]2/C=C(\C)CC/C=C(\C)[C@@H](OC(=O)C=C(C)C)[C@H](O)[C@@]12O. The number of carbonyl (C=O) groups is 2. The van der Waals surface area contributed by atoms with Crippen LogP contribution >= 0.6 is 0 Å². The van der Waals surface area contributed by atoms with Gasteiger partial charge in [0.05, 0.1) is 5.57 Å². The maximum Gasteiger partial charge on any atom is 0.337 e. The Morgan fingerprint density at radius 1 is 1.42 bits per heavy atom. The second-order valence-corrected chi connectivity index (χ2v) is 7.15. The second kappa shape index (κ2) is 7.60. The van der Waals surface area contributed by atoms with Crippen LogP contribution in [0.4, 0.5) is 0 Å². The van der Waals surface area contributed by atoms with Crippen molar-refractivity contribution in [3.8, 4) is 0 Å². The summed E-state index contributed by atoms with van der Waals surface area (Å²) in [6, 6.07) is 0. The molecule has 0 unspecified atom stereocenters. The summed E-state index contributed by atoms with van der Waals surface area (Å²) in [5.41, 5.74) is -0.101. The van der Waals surface area contributed by atoms with Gasteiger partial charge in [-0.25, -0.2) is 9.59 Å². The molecule has 0 saturated carbocycles. The third kappa shape index (κ3) is 3.81. The Bertz CT molecular complexity index is 710. The standard InChI is InChI=1S/C20H26O6/c1-11(2)9-16(21)26-17-13(4)8-6-7-12(3)10-15-20(24,18(17)22)14(5)19(23)25-15/h8-10,15,17-18,22,24H,5-7H2,1-4H3/b12-10+,13-8+/t15-,17+,18-,20+/m0/s1. The van der Waals surface area contributed by atoms with Crippen LogP contribution < -0.4 is 0 Å². The molecule has 0 spiro atoms. The van der Waals surface area contributed by atoms with Gasteiger partial charge in [0.15, 0.2) is 17.8 Å². The number of carbonyl (C=O) groups excluding carboxylic acids is 2. The van der Waals surface area contributed by atoms with Gasteiger partial charge < -0.3 is 19.7 Å². The van der Waals surface area contributed by atoms with Crippen molar-refractivity contribution in [1.82, 2.24) is 0 Å². The molecule has 142 valence electrons. The molecular formula is C20H26O6. The van der Waals surface area contributed by atoms with Crippen molar-refractivity contribution in [2.45, 2.75) is 64.4 Å². The van der Waals surface area contributed by atoms with Gasteiger partial charge in [0, 0.05) is 6.08 Å². The monoisotopic (exact) mass is 362 g/mol. The summed E-state index contributed by atoms with van der Waals surface area (Å²) >= 11 is 0. The first-order chi connectivity index (χ1) is 12.1. The van der Waals surface area contributed by atoms with E-state index in [1.807, 2.05) is 13.0 Å². The molecule has 0 aromatic rings. The summed E-state index contributed by atoms with van der Waals surface area (Å²) in [4.78, 5) is 24.1. The van der Waals surface area contributed by atoms with E-state index in [2.05, 4.69) is 6.58 Å². The van der Waals surface area contributed by atoms with Crippen LogP contribution in [0, 0.1) is 0 Å². The van der Waals surface area contributed by atoms with Crippen LogP contribution in [-0.4, -0.2) is 46.1 Å². The average molecular weight is 362 g/mol. The molecule has 6 heteroatoms. The van der Waals surface area contributed by atoms with E-state index in [0.29, 0.717) is 18.4 Å². The highest BCUT2D eigenvalue weighted by molar-refractivity contribution is 5.93. The van der Waals surface area contributed by atoms with E-state index in [-0.39, 0.29) is 5.57 Å². The first-order valence-electron chi connectivity index (χ1n) is 8.57. The third-order valence-electron chi connectivity index (χ3n) is 4.67. The van der Waals surface area contributed by atoms with Gasteiger partial charge >= 0.3 is 11.9 Å². The van der Waals surface area contributed by atoms with Gasteiger partial charge in [0.2, 0.25) is 0 Å². The van der Waals surface area contributed by atoms with Crippen LogP contribution in [0.2, 0.25) is 0 Å². The topological polar surface area (TPSA) is 93.1 Å². The van der Waals surface area contributed by atoms with E-state index in [0.717, 1.165) is 11.1 Å². The fourth-order valence-corrected chi connectivity index (χ4v) is 3.14. The van der Waals surface area contributed by atoms with E-state index in [1.54, 1.807) is 26.8 Å². The van der Waals surface area contributed by atoms with Crippen molar-refractivity contribution in [2.75, 3.05) is 0 Å². The Hall–Kier alpha value is -2.18. The van der Waals surface area contributed by atoms with Crippen molar-refractivity contribution >= 4 is 11.9 Å². The number of aliphatic hydroxyl groups excluding tert-OH is 1. The summed E-state index contributed by atoms with van der Waals surface area (Å²) in [7, 11) is 0. The van der Waals surface area contributed by atoms with Crippen LogP contribution in [0.3, 0.4) is 0 Å². The number of esters is 2. The Kier molecular flexibility index (Phi) is 5.88. The quantitative estimate of drug-likeness (QED) is 0.444. The van der Waals surface area contributed by atoms with Crippen molar-refractivity contribution < 1.29 is 29.3 Å². The van der Waals surface area contributed by atoms with Gasteiger partial charge in [-0.2, -0.15) is 0 Å². The molecule has 1 fully saturated rings. The normalized spacial score (nSPS) is 36.0. The second-order valence-electron chi connectivity index (χ2n) is 7.15. The molecule has 2 aliphatic rings. The minimum atomic E-state index is -2.08. The van der Waals surface area contributed by atoms with Gasteiger partial charge in [0.1, 0.15) is 6.10 Å². The highest BCUT2D eigenvalue weighted by Gasteiger charge is 2.58. The van der Waals surface area contributed by atoms with Crippen LogP contribution in [0.25, 0.3) is 0 Å². The smallest absolute Gasteiger partial charge is 0.337 e. The third-order valence-corrected chi connectivity index (χ3v) is 4.67. The van der Waals surface area contributed by atoms with E-state index < -0.39 is 35.9 Å². The molecule has 1 aliphatic carbocycles. The number of ether oxygens (including phenoxy) is 2. The molecule has 0 amide bonds. The molecule has 4 atom stereocenters. The van der Waals surface area contributed by atoms with Crippen molar-refractivity contribution in [3.63, 3.8) is 0 Å². The summed E-state index contributed by atoms with van der Waals surface area (Å²) in [6.07, 6.45) is 2.27. The number of rotatable bonds is 2. The highest BCUT2D eigenvalue weighted by Crippen LogP contribution is 2.39. The number of fused-ring (bicyclic) bond motifs is 1. The van der Waals surface area contributed by atoms with Gasteiger partial charge in [-0.3, -0.25) is 0 Å². The summed E-state index contributed by atoms with van der Waals surface area (Å²) in [6.45, 7) is 10.7. The summed E-state index contributed by atoms with van der Waals surface area (Å²) in [5, 5.41) is 22.1. The summed E-state index contributed by atoms with van der Waals surface area (Å²) in [5.74, 6) is -1.42. The molecule has 2 N–H and O–H groups in total. The van der Waals surface area contributed by atoms with Gasteiger partial charge in [-0.1, -0.05) is 23.8 Å². The Morgan fingerprint density at radius 2 is 2.08 bits per heavy atom. The predicted octanol–water partition coefficient (Wildman–Crippen LogP) is 2.12. The lowest BCUT2D eigenvalue weighted by molar-refractivity contribution is -0.162. The van der Waals surface area contributed by atoms with Crippen LogP contribution in [-0.2, 0) is 19.1 Å². The molecule has 0 aromatic carbocycles. The average Bonchev–Trinajstić information content (AvgIpc) is 2.75. The zero-order valence-electron chi connectivity index (χ0n) is 15.6. The number of hydrogen-bond acceptors (Lipinski definition) is 6. The Morgan fingerprint density at radius 3 is 2.69 bits per heavy atom. The molecule has 0 bridgehead atoms. The van der Waals surface area contributed by atoms with Crippen LogP contribution in [0.5, 0.6) is 0 Å². The minimum absolute atomic E-state index is 0.254. The molecule has 1 aliphatic heterocycles. The molecule has 26 heavy (non-hydrogen) atoms. The van der Waals surface area contributed by atoms with E-state index >= 15 is 0 Å². The minimum Gasteiger partial charge on any atom is -0.452 e. The Labute approximate surface area is 153 Å². The molecule has 1 heterocycles. The highest BCUT2D eigenvalue weighted by atomic mass is 16.6. The first-order valence-corrected chi connectivity index (χ1v) is 8.57. The lowest BCUT2D eigenvalue weighted by atomic mass is 9.79. The van der Waals surface area contributed by atoms with Gasteiger partial charge in [-0.15, -0.1) is 0 Å². The zero-order chi connectivity index (χ0) is 19.6.